The standard InChI is InChI=1S/2C8H16O2.Eu/c2*1-3-5-6-7(4-2)8(9)10;/h2*7H,3-6H2,1-2H3,(H,9,10);/q;;+2/p-2. The van der Waals surface area contributed by atoms with Gasteiger partial charge < -0.3 is 19.8 Å². The smallest absolute Gasteiger partial charge is 0.550 e. The Morgan fingerprint density at radius 3 is 1.19 bits per heavy atom. The number of hydrogen-bond acceptors (Lipinski definition) is 4. The van der Waals surface area contributed by atoms with Crippen molar-refractivity contribution in [2.75, 3.05) is 0 Å². The van der Waals surface area contributed by atoms with Gasteiger partial charge >= 0.3 is 49.4 Å². The van der Waals surface area contributed by atoms with E-state index in [0.717, 1.165) is 38.5 Å². The van der Waals surface area contributed by atoms with Crippen LogP contribution in [0.5, 0.6) is 0 Å². The Bertz CT molecular complexity index is 231. The number of carboxylic acids is 2. The molecule has 1 radical (unpaired) electrons. The van der Waals surface area contributed by atoms with Gasteiger partial charge in [-0.15, -0.1) is 0 Å². The summed E-state index contributed by atoms with van der Waals surface area (Å²) in [6.45, 7) is 7.89. The van der Waals surface area contributed by atoms with E-state index >= 15 is 0 Å². The van der Waals surface area contributed by atoms with Gasteiger partial charge in [-0.05, 0) is 37.5 Å². The van der Waals surface area contributed by atoms with Crippen molar-refractivity contribution in [2.24, 2.45) is 11.8 Å². The molecule has 0 aromatic heterocycles. The van der Waals surface area contributed by atoms with Crippen LogP contribution in [0.1, 0.15) is 79.1 Å². The van der Waals surface area contributed by atoms with Crippen molar-refractivity contribution in [3.63, 3.8) is 0 Å². The molecule has 0 heterocycles. The third-order valence-electron chi connectivity index (χ3n) is 3.46. The number of aliphatic carboxylic acids is 2. The normalized spacial score (nSPS) is 12.4. The fraction of sp³-hybridized carbons (Fsp3) is 0.875. The summed E-state index contributed by atoms with van der Waals surface area (Å²) in [4.78, 5) is 20.7. The van der Waals surface area contributed by atoms with E-state index < -0.39 is 11.9 Å². The van der Waals surface area contributed by atoms with Crippen molar-refractivity contribution in [1.82, 2.24) is 0 Å². The van der Waals surface area contributed by atoms with Crippen LogP contribution in [0.4, 0.5) is 0 Å². The minimum atomic E-state index is -0.893. The quantitative estimate of drug-likeness (QED) is 0.522. The maximum atomic E-state index is 10.3. The van der Waals surface area contributed by atoms with Crippen LogP contribution in [0.3, 0.4) is 0 Å². The zero-order valence-electron chi connectivity index (χ0n) is 13.8. The summed E-state index contributed by atoms with van der Waals surface area (Å²) < 4.78 is 0. The van der Waals surface area contributed by atoms with Crippen LogP contribution in [-0.4, -0.2) is 11.9 Å². The number of carboxylic acid groups (broad SMARTS) is 2. The molecule has 0 saturated carbocycles. The third-order valence-corrected chi connectivity index (χ3v) is 3.46. The molecule has 4 nitrogen and oxygen atoms in total. The van der Waals surface area contributed by atoms with E-state index in [-0.39, 0.29) is 61.2 Å². The second kappa shape index (κ2) is 18.6. The molecule has 2 unspecified atom stereocenters. The Balaban J connectivity index is -0.000000295. The summed E-state index contributed by atoms with van der Waals surface area (Å²) in [6.07, 6.45) is 7.04. The minimum absolute atomic E-state index is 0. The van der Waals surface area contributed by atoms with E-state index in [1.165, 1.54) is 0 Å². The Kier molecular flexibility index (Phi) is 23.4. The van der Waals surface area contributed by atoms with E-state index in [2.05, 4.69) is 13.8 Å². The van der Waals surface area contributed by atoms with Gasteiger partial charge in [0.15, 0.2) is 0 Å². The molecule has 0 aromatic carbocycles. The Hall–Kier alpha value is 0.524. The van der Waals surface area contributed by atoms with Gasteiger partial charge in [0, 0.05) is 11.9 Å². The van der Waals surface area contributed by atoms with Gasteiger partial charge in [0.2, 0.25) is 0 Å². The van der Waals surface area contributed by atoms with Gasteiger partial charge in [-0.1, -0.05) is 53.4 Å². The fourth-order valence-corrected chi connectivity index (χ4v) is 1.88. The molecule has 0 aliphatic rings. The van der Waals surface area contributed by atoms with Gasteiger partial charge in [0.05, 0.1) is 0 Å². The summed E-state index contributed by atoms with van der Waals surface area (Å²) in [7, 11) is 0. The summed E-state index contributed by atoms with van der Waals surface area (Å²) >= 11 is 0. The van der Waals surface area contributed by atoms with Crippen molar-refractivity contribution >= 4 is 11.9 Å². The van der Waals surface area contributed by atoms with Crippen LogP contribution in [-0.2, 0) is 9.59 Å². The molecule has 21 heavy (non-hydrogen) atoms. The van der Waals surface area contributed by atoms with E-state index in [9.17, 15) is 19.8 Å². The van der Waals surface area contributed by atoms with Crippen LogP contribution in [0.15, 0.2) is 0 Å². The maximum absolute atomic E-state index is 10.3. The molecular weight excluding hydrogens is 408 g/mol. The van der Waals surface area contributed by atoms with Crippen LogP contribution in [0.25, 0.3) is 0 Å². The van der Waals surface area contributed by atoms with Crippen molar-refractivity contribution in [2.45, 2.75) is 79.1 Å². The van der Waals surface area contributed by atoms with Gasteiger partial charge in [-0.2, -0.15) is 0 Å². The molecule has 0 fully saturated rings. The van der Waals surface area contributed by atoms with Gasteiger partial charge in [-0.25, -0.2) is 0 Å². The largest absolute Gasteiger partial charge is 2.00 e. The van der Waals surface area contributed by atoms with Gasteiger partial charge in [0.25, 0.3) is 0 Å². The van der Waals surface area contributed by atoms with Crippen molar-refractivity contribution in [1.29, 1.82) is 0 Å². The van der Waals surface area contributed by atoms with Crippen molar-refractivity contribution in [3.05, 3.63) is 0 Å². The molecule has 0 aromatic rings. The third kappa shape index (κ3) is 16.7. The number of unbranched alkanes of at least 4 members (excludes halogenated alkanes) is 2. The summed E-state index contributed by atoms with van der Waals surface area (Å²) in [5, 5.41) is 20.7. The predicted octanol–water partition coefficient (Wildman–Crippen LogP) is 1.91. The summed E-state index contributed by atoms with van der Waals surface area (Å²) in [5.41, 5.74) is 0. The first-order chi connectivity index (χ1) is 9.44. The summed E-state index contributed by atoms with van der Waals surface area (Å²) in [6, 6.07) is 0. The van der Waals surface area contributed by atoms with E-state index in [1.807, 2.05) is 13.8 Å². The summed E-state index contributed by atoms with van der Waals surface area (Å²) in [5.74, 6) is -2.23. The molecule has 0 saturated heterocycles. The van der Waals surface area contributed by atoms with E-state index in [4.69, 9.17) is 0 Å². The molecular formula is C16H30EuO4. The first-order valence-electron chi connectivity index (χ1n) is 7.86. The molecule has 0 aliphatic heterocycles. The number of hydrogen-bond donors (Lipinski definition) is 0. The molecule has 5 heteroatoms. The molecule has 0 bridgehead atoms. The Labute approximate surface area is 170 Å². The molecule has 2 atom stereocenters. The molecule has 0 spiro atoms. The fourth-order valence-electron chi connectivity index (χ4n) is 1.88. The number of carbonyl (C=O) groups is 2. The molecule has 0 aliphatic carbocycles. The molecule has 0 rings (SSSR count). The Morgan fingerprint density at radius 1 is 0.762 bits per heavy atom. The number of carbonyl (C=O) groups excluding carboxylic acids is 2. The van der Waals surface area contributed by atoms with E-state index in [1.54, 1.807) is 0 Å². The zero-order valence-corrected chi connectivity index (χ0v) is 16.2. The van der Waals surface area contributed by atoms with Crippen molar-refractivity contribution in [3.8, 4) is 0 Å². The van der Waals surface area contributed by atoms with Crippen LogP contribution >= 0.6 is 0 Å². The Morgan fingerprint density at radius 2 is 1.05 bits per heavy atom. The average molecular weight is 438 g/mol. The number of rotatable bonds is 10. The topological polar surface area (TPSA) is 80.3 Å². The van der Waals surface area contributed by atoms with Crippen LogP contribution < -0.4 is 10.2 Å². The van der Waals surface area contributed by atoms with Gasteiger partial charge in [-0.3, -0.25) is 0 Å². The second-order valence-electron chi connectivity index (χ2n) is 5.13. The zero-order chi connectivity index (χ0) is 16.0. The minimum Gasteiger partial charge on any atom is -0.550 e. The second-order valence-corrected chi connectivity index (χ2v) is 5.13. The SMILES string of the molecule is CCCCC(CC)C(=O)[O-].CCCCC(CC)C(=O)[O-].[Eu+2]. The molecule has 0 amide bonds. The van der Waals surface area contributed by atoms with Crippen LogP contribution in [0.2, 0.25) is 0 Å². The molecule has 0 N–H and O–H groups in total. The monoisotopic (exact) mass is 439 g/mol. The van der Waals surface area contributed by atoms with E-state index in [0.29, 0.717) is 12.8 Å². The average Bonchev–Trinajstić information content (AvgIpc) is 2.40. The first kappa shape index (κ1) is 26.4. The van der Waals surface area contributed by atoms with Gasteiger partial charge in [0.1, 0.15) is 0 Å². The first-order valence-corrected chi connectivity index (χ1v) is 7.86. The predicted molar refractivity (Wildman–Crippen MR) is 76.6 cm³/mol. The molecule has 125 valence electrons. The van der Waals surface area contributed by atoms with Crippen molar-refractivity contribution < 1.29 is 69.2 Å². The van der Waals surface area contributed by atoms with Crippen LogP contribution in [0, 0.1) is 61.2 Å². The maximum Gasteiger partial charge on any atom is 2.00 e.